The summed E-state index contributed by atoms with van der Waals surface area (Å²) >= 11 is 0. The Kier molecular flexibility index (Phi) is 5.83. The molecule has 0 unspecified atom stereocenters. The van der Waals surface area contributed by atoms with Crippen molar-refractivity contribution in [3.63, 3.8) is 0 Å². The van der Waals surface area contributed by atoms with Crippen LogP contribution in [-0.2, 0) is 21.2 Å². The molecule has 0 saturated heterocycles. The Morgan fingerprint density at radius 3 is 2.00 bits per heavy atom. The molecule has 1 rings (SSSR count). The first kappa shape index (κ1) is 17.1. The van der Waals surface area contributed by atoms with Gasteiger partial charge in [0.1, 0.15) is 0 Å². The summed E-state index contributed by atoms with van der Waals surface area (Å²) in [5.74, 6) is 0.862. The van der Waals surface area contributed by atoms with Gasteiger partial charge in [0.05, 0.1) is 27.6 Å². The van der Waals surface area contributed by atoms with Gasteiger partial charge in [-0.3, -0.25) is 9.52 Å². The van der Waals surface area contributed by atoms with Crippen LogP contribution >= 0.6 is 0 Å². The highest BCUT2D eigenvalue weighted by Gasteiger charge is 2.14. The fraction of sp³-hybridized carbons (Fsp3) is 0.462. The molecule has 0 fully saturated rings. The molecular formula is C13H19NO6S. The number of hydrogen-bond donors (Lipinski definition) is 1. The zero-order valence-electron chi connectivity index (χ0n) is 12.4. The molecule has 0 aliphatic rings. The first-order chi connectivity index (χ1) is 9.80. The third-order valence-electron chi connectivity index (χ3n) is 2.66. The lowest BCUT2D eigenvalue weighted by molar-refractivity contribution is -0.119. The van der Waals surface area contributed by atoms with Crippen molar-refractivity contribution >= 4 is 15.9 Å². The molecule has 118 valence electrons. The maximum Gasteiger partial charge on any atom is 0.233 e. The van der Waals surface area contributed by atoms with Crippen LogP contribution in [0.15, 0.2) is 12.1 Å². The van der Waals surface area contributed by atoms with Crippen LogP contribution in [0.5, 0.6) is 17.2 Å². The lowest BCUT2D eigenvalue weighted by Gasteiger charge is -2.14. The van der Waals surface area contributed by atoms with Crippen LogP contribution in [0, 0.1) is 0 Å². The molecule has 0 aromatic heterocycles. The van der Waals surface area contributed by atoms with Gasteiger partial charge < -0.3 is 14.2 Å². The monoisotopic (exact) mass is 317 g/mol. The van der Waals surface area contributed by atoms with E-state index in [2.05, 4.69) is 0 Å². The average Bonchev–Trinajstić information content (AvgIpc) is 2.41. The number of carbonyl (C=O) groups is 1. The van der Waals surface area contributed by atoms with E-state index >= 15 is 0 Å². The fourth-order valence-electron chi connectivity index (χ4n) is 1.80. The molecule has 1 amide bonds. The number of methoxy groups -OCH3 is 3. The predicted molar refractivity (Wildman–Crippen MR) is 77.4 cm³/mol. The minimum absolute atomic E-state index is 0.0334. The third-order valence-corrected chi connectivity index (χ3v) is 3.26. The summed E-state index contributed by atoms with van der Waals surface area (Å²) < 4.78 is 39.4. The van der Waals surface area contributed by atoms with Gasteiger partial charge in [0.2, 0.25) is 21.7 Å². The zero-order valence-corrected chi connectivity index (χ0v) is 13.2. The summed E-state index contributed by atoms with van der Waals surface area (Å²) in [5.41, 5.74) is 0.771. The van der Waals surface area contributed by atoms with Crippen molar-refractivity contribution in [3.8, 4) is 17.2 Å². The van der Waals surface area contributed by atoms with Crippen LogP contribution in [0.25, 0.3) is 0 Å². The summed E-state index contributed by atoms with van der Waals surface area (Å²) in [6, 6.07) is 3.43. The number of sulfonamides is 1. The Morgan fingerprint density at radius 2 is 1.62 bits per heavy atom. The van der Waals surface area contributed by atoms with Crippen molar-refractivity contribution in [2.45, 2.75) is 12.8 Å². The molecule has 7 nitrogen and oxygen atoms in total. The number of benzene rings is 1. The predicted octanol–water partition coefficient (Wildman–Crippen LogP) is 0.721. The van der Waals surface area contributed by atoms with Gasteiger partial charge in [-0.1, -0.05) is 0 Å². The highest BCUT2D eigenvalue weighted by molar-refractivity contribution is 7.89. The van der Waals surface area contributed by atoms with Crippen molar-refractivity contribution in [3.05, 3.63) is 17.7 Å². The van der Waals surface area contributed by atoms with Gasteiger partial charge in [-0.15, -0.1) is 0 Å². The second-order valence-corrected chi connectivity index (χ2v) is 6.08. The van der Waals surface area contributed by atoms with Crippen LogP contribution in [0.1, 0.15) is 12.0 Å². The highest BCUT2D eigenvalue weighted by Crippen LogP contribution is 2.38. The molecule has 0 aliphatic heterocycles. The molecule has 1 N–H and O–H groups in total. The zero-order chi connectivity index (χ0) is 16.0. The first-order valence-corrected chi connectivity index (χ1v) is 7.99. The van der Waals surface area contributed by atoms with Gasteiger partial charge in [0.25, 0.3) is 0 Å². The first-order valence-electron chi connectivity index (χ1n) is 6.10. The Morgan fingerprint density at radius 1 is 1.10 bits per heavy atom. The number of aryl methyl sites for hydroxylation is 1. The number of amides is 1. The van der Waals surface area contributed by atoms with Crippen LogP contribution in [-0.4, -0.2) is 41.9 Å². The summed E-state index contributed by atoms with van der Waals surface area (Å²) in [6.45, 7) is 0. The largest absolute Gasteiger partial charge is 0.493 e. The average molecular weight is 317 g/mol. The van der Waals surface area contributed by atoms with Crippen LogP contribution in [0.4, 0.5) is 0 Å². The van der Waals surface area contributed by atoms with Crippen LogP contribution in [0.2, 0.25) is 0 Å². The molecule has 8 heteroatoms. The summed E-state index contributed by atoms with van der Waals surface area (Å²) in [4.78, 5) is 11.5. The number of nitrogens with one attached hydrogen (secondary N) is 1. The van der Waals surface area contributed by atoms with E-state index in [0.717, 1.165) is 11.8 Å². The van der Waals surface area contributed by atoms with Crippen LogP contribution < -0.4 is 18.9 Å². The Balaban J connectivity index is 2.87. The van der Waals surface area contributed by atoms with Gasteiger partial charge >= 0.3 is 0 Å². The van der Waals surface area contributed by atoms with Crippen molar-refractivity contribution < 1.29 is 27.4 Å². The molecule has 0 bridgehead atoms. The minimum Gasteiger partial charge on any atom is -0.493 e. The number of carbonyl (C=O) groups excluding carboxylic acids is 1. The van der Waals surface area contributed by atoms with Crippen molar-refractivity contribution in [2.75, 3.05) is 27.6 Å². The van der Waals surface area contributed by atoms with Crippen molar-refractivity contribution in [1.29, 1.82) is 0 Å². The summed E-state index contributed by atoms with van der Waals surface area (Å²) in [5, 5.41) is 0. The van der Waals surface area contributed by atoms with Gasteiger partial charge in [-0.2, -0.15) is 0 Å². The van der Waals surface area contributed by atoms with E-state index in [0.29, 0.717) is 23.7 Å². The number of hydrogen-bond acceptors (Lipinski definition) is 6. The van der Waals surface area contributed by atoms with E-state index < -0.39 is 15.9 Å². The lowest BCUT2D eigenvalue weighted by Crippen LogP contribution is -2.29. The molecule has 0 spiro atoms. The second kappa shape index (κ2) is 7.16. The van der Waals surface area contributed by atoms with E-state index in [-0.39, 0.29) is 6.42 Å². The van der Waals surface area contributed by atoms with Gasteiger partial charge in [0, 0.05) is 6.42 Å². The number of ether oxygens (including phenoxy) is 3. The molecule has 0 atom stereocenters. The van der Waals surface area contributed by atoms with Crippen LogP contribution in [0.3, 0.4) is 0 Å². The number of rotatable bonds is 7. The molecule has 0 aliphatic carbocycles. The van der Waals surface area contributed by atoms with E-state index in [1.165, 1.54) is 21.3 Å². The molecule has 1 aromatic carbocycles. The highest BCUT2D eigenvalue weighted by atomic mass is 32.2. The Labute approximate surface area is 124 Å². The van der Waals surface area contributed by atoms with Gasteiger partial charge in [-0.05, 0) is 24.1 Å². The maximum atomic E-state index is 11.5. The molecule has 0 heterocycles. The van der Waals surface area contributed by atoms with E-state index in [9.17, 15) is 13.2 Å². The second-order valence-electron chi connectivity index (χ2n) is 4.33. The van der Waals surface area contributed by atoms with E-state index in [4.69, 9.17) is 14.2 Å². The Hall–Kier alpha value is -1.96. The minimum atomic E-state index is -3.53. The topological polar surface area (TPSA) is 90.9 Å². The molecule has 1 aromatic rings. The normalized spacial score (nSPS) is 10.9. The van der Waals surface area contributed by atoms with Gasteiger partial charge in [-0.25, -0.2) is 8.42 Å². The van der Waals surface area contributed by atoms with Crippen molar-refractivity contribution in [2.24, 2.45) is 0 Å². The fourth-order valence-corrected chi connectivity index (χ4v) is 2.31. The third kappa shape index (κ3) is 5.14. The molecular weight excluding hydrogens is 298 g/mol. The van der Waals surface area contributed by atoms with Crippen molar-refractivity contribution in [1.82, 2.24) is 4.72 Å². The summed E-state index contributed by atoms with van der Waals surface area (Å²) in [6.07, 6.45) is 1.31. The lowest BCUT2D eigenvalue weighted by atomic mass is 10.1. The van der Waals surface area contributed by atoms with Gasteiger partial charge in [0.15, 0.2) is 11.5 Å². The standard InChI is InChI=1S/C13H19NO6S/c1-18-10-7-9(8-11(19-2)13(10)20-3)5-6-12(15)14-21(4,16)17/h7-8H,5-6H2,1-4H3,(H,14,15). The quantitative estimate of drug-likeness (QED) is 0.797. The molecule has 21 heavy (non-hydrogen) atoms. The van der Waals surface area contributed by atoms with E-state index in [1.54, 1.807) is 12.1 Å². The molecule has 0 radical (unpaired) electrons. The molecule has 0 saturated carbocycles. The smallest absolute Gasteiger partial charge is 0.233 e. The maximum absolute atomic E-state index is 11.5. The summed E-state index contributed by atoms with van der Waals surface area (Å²) in [7, 11) is 0.962. The Bertz CT molecular complexity index is 586. The van der Waals surface area contributed by atoms with E-state index in [1.807, 2.05) is 4.72 Å². The SMILES string of the molecule is COc1cc(CCC(=O)NS(C)(=O)=O)cc(OC)c1OC.